The Labute approximate surface area is 121 Å². The molecule has 2 heteroatoms. The van der Waals surface area contributed by atoms with Crippen molar-refractivity contribution in [2.45, 2.75) is 62.5 Å². The van der Waals surface area contributed by atoms with E-state index in [4.69, 9.17) is 0 Å². The molecule has 1 aromatic carbocycles. The molecule has 0 spiro atoms. The lowest BCUT2D eigenvalue weighted by Crippen LogP contribution is -2.42. The fourth-order valence-electron chi connectivity index (χ4n) is 4.94. The normalized spacial score (nSPS) is 36.9. The van der Waals surface area contributed by atoms with Gasteiger partial charge >= 0.3 is 0 Å². The molecule has 2 nitrogen and oxygen atoms in total. The summed E-state index contributed by atoms with van der Waals surface area (Å²) in [5.41, 5.74) is 2.61. The van der Waals surface area contributed by atoms with Gasteiger partial charge in [-0.15, -0.1) is 0 Å². The van der Waals surface area contributed by atoms with E-state index in [-0.39, 0.29) is 0 Å². The van der Waals surface area contributed by atoms with Gasteiger partial charge < -0.3 is 5.11 Å². The Morgan fingerprint density at radius 1 is 1.15 bits per heavy atom. The van der Waals surface area contributed by atoms with E-state index in [0.717, 1.165) is 19.4 Å². The van der Waals surface area contributed by atoms with E-state index < -0.39 is 5.60 Å². The summed E-state index contributed by atoms with van der Waals surface area (Å²) >= 11 is 0. The molecule has 0 saturated carbocycles. The van der Waals surface area contributed by atoms with Crippen LogP contribution in [0.5, 0.6) is 0 Å². The average molecular weight is 271 g/mol. The molecular weight excluding hydrogens is 246 g/mol. The monoisotopic (exact) mass is 271 g/mol. The molecule has 108 valence electrons. The van der Waals surface area contributed by atoms with Crippen LogP contribution in [0.1, 0.15) is 55.6 Å². The Morgan fingerprint density at radius 2 is 2.05 bits per heavy atom. The molecule has 1 N–H and O–H groups in total. The number of rotatable bonds is 2. The molecule has 1 aromatic rings. The summed E-state index contributed by atoms with van der Waals surface area (Å²) in [4.78, 5) is 2.52. The summed E-state index contributed by atoms with van der Waals surface area (Å²) in [6, 6.07) is 9.34. The van der Waals surface area contributed by atoms with Crippen molar-refractivity contribution in [1.29, 1.82) is 0 Å². The molecule has 3 atom stereocenters. The van der Waals surface area contributed by atoms with Crippen LogP contribution in [0.25, 0.3) is 0 Å². The second kappa shape index (κ2) is 4.85. The van der Waals surface area contributed by atoms with Gasteiger partial charge in [0.1, 0.15) is 0 Å². The highest BCUT2D eigenvalue weighted by molar-refractivity contribution is 5.33. The first-order chi connectivity index (χ1) is 9.76. The topological polar surface area (TPSA) is 23.5 Å². The van der Waals surface area contributed by atoms with Gasteiger partial charge in [-0.1, -0.05) is 24.3 Å². The van der Waals surface area contributed by atoms with E-state index in [1.807, 2.05) is 0 Å². The Kier molecular flexibility index (Phi) is 3.12. The zero-order valence-electron chi connectivity index (χ0n) is 12.2. The molecule has 0 aromatic heterocycles. The van der Waals surface area contributed by atoms with Crippen molar-refractivity contribution in [3.8, 4) is 0 Å². The van der Waals surface area contributed by atoms with E-state index in [1.54, 1.807) is 0 Å². The number of nitrogens with zero attached hydrogens (tertiary/aromatic N) is 1. The van der Waals surface area contributed by atoms with Crippen molar-refractivity contribution >= 4 is 0 Å². The number of aryl methyl sites for hydroxylation is 1. The fourth-order valence-corrected chi connectivity index (χ4v) is 4.94. The maximum Gasteiger partial charge on any atom is 0.0820 e. The molecule has 4 rings (SSSR count). The highest BCUT2D eigenvalue weighted by atomic mass is 16.3. The van der Waals surface area contributed by atoms with Gasteiger partial charge in [0, 0.05) is 12.6 Å². The van der Waals surface area contributed by atoms with Gasteiger partial charge in [-0.3, -0.25) is 4.90 Å². The van der Waals surface area contributed by atoms with Crippen molar-refractivity contribution in [2.24, 2.45) is 0 Å². The molecule has 2 fully saturated rings. The molecule has 0 bridgehead atoms. The number of benzene rings is 1. The maximum absolute atomic E-state index is 11.2. The number of aliphatic hydroxyl groups is 1. The van der Waals surface area contributed by atoms with E-state index in [1.165, 1.54) is 49.8 Å². The summed E-state index contributed by atoms with van der Waals surface area (Å²) in [5, 5.41) is 11.2. The lowest BCUT2D eigenvalue weighted by molar-refractivity contribution is -0.00175. The largest absolute Gasteiger partial charge is 0.388 e. The van der Waals surface area contributed by atoms with Gasteiger partial charge in [0.15, 0.2) is 0 Å². The molecule has 0 radical (unpaired) electrons. The van der Waals surface area contributed by atoms with Crippen molar-refractivity contribution in [2.75, 3.05) is 13.1 Å². The number of hydrogen-bond acceptors (Lipinski definition) is 2. The molecule has 1 aliphatic carbocycles. The molecule has 2 aliphatic heterocycles. The Morgan fingerprint density at radius 3 is 3.00 bits per heavy atom. The summed E-state index contributed by atoms with van der Waals surface area (Å²) < 4.78 is 0. The molecular formula is C18H25NO. The van der Waals surface area contributed by atoms with Crippen molar-refractivity contribution in [1.82, 2.24) is 4.90 Å². The zero-order valence-corrected chi connectivity index (χ0v) is 12.2. The number of fused-ring (bicyclic) bond motifs is 2. The minimum atomic E-state index is -0.425. The van der Waals surface area contributed by atoms with Gasteiger partial charge in [0.05, 0.1) is 5.60 Å². The predicted octanol–water partition coefficient (Wildman–Crippen LogP) is 3.10. The van der Waals surface area contributed by atoms with Crippen LogP contribution < -0.4 is 0 Å². The first-order valence-corrected chi connectivity index (χ1v) is 8.30. The Balaban J connectivity index is 1.58. The lowest BCUT2D eigenvalue weighted by Gasteiger charge is -2.36. The summed E-state index contributed by atoms with van der Waals surface area (Å²) in [6.07, 6.45) is 8.19. The summed E-state index contributed by atoms with van der Waals surface area (Å²) in [7, 11) is 0. The standard InChI is InChI=1S/C18H25NO/c20-18(10-12-19-11-4-9-17(18)19)13-15-7-3-6-14-5-1-2-8-16(14)15/h1-2,5,8,15,17,20H,3-4,6-7,9-13H2. The molecule has 0 amide bonds. The summed E-state index contributed by atoms with van der Waals surface area (Å²) in [5.74, 6) is 0.575. The SMILES string of the molecule is OC1(CC2CCCc3ccccc32)CCN2CCCC21. The number of hydrogen-bond donors (Lipinski definition) is 1. The van der Waals surface area contributed by atoms with Crippen LogP contribution in [0.2, 0.25) is 0 Å². The van der Waals surface area contributed by atoms with Gasteiger partial charge in [0.25, 0.3) is 0 Å². The smallest absolute Gasteiger partial charge is 0.0820 e. The molecule has 20 heavy (non-hydrogen) atoms. The van der Waals surface area contributed by atoms with Crippen LogP contribution in [0.4, 0.5) is 0 Å². The first-order valence-electron chi connectivity index (χ1n) is 8.30. The van der Waals surface area contributed by atoms with Crippen molar-refractivity contribution < 1.29 is 5.11 Å². The minimum Gasteiger partial charge on any atom is -0.388 e. The van der Waals surface area contributed by atoms with Crippen LogP contribution in [0, 0.1) is 0 Å². The predicted molar refractivity (Wildman–Crippen MR) is 80.9 cm³/mol. The van der Waals surface area contributed by atoms with E-state index >= 15 is 0 Å². The second-order valence-electron chi connectivity index (χ2n) is 7.04. The Bertz CT molecular complexity index is 500. The minimum absolute atomic E-state index is 0.425. The lowest BCUT2D eigenvalue weighted by atomic mass is 9.74. The quantitative estimate of drug-likeness (QED) is 0.893. The van der Waals surface area contributed by atoms with Crippen LogP contribution in [0.15, 0.2) is 24.3 Å². The fraction of sp³-hybridized carbons (Fsp3) is 0.667. The van der Waals surface area contributed by atoms with Crippen LogP contribution >= 0.6 is 0 Å². The Hall–Kier alpha value is -0.860. The van der Waals surface area contributed by atoms with Gasteiger partial charge in [-0.25, -0.2) is 0 Å². The highest BCUT2D eigenvalue weighted by Gasteiger charge is 2.48. The van der Waals surface area contributed by atoms with Crippen LogP contribution in [-0.2, 0) is 6.42 Å². The first kappa shape index (κ1) is 12.8. The van der Waals surface area contributed by atoms with Gasteiger partial charge in [-0.05, 0) is 68.5 Å². The van der Waals surface area contributed by atoms with Crippen LogP contribution in [0.3, 0.4) is 0 Å². The molecule has 3 aliphatic rings. The second-order valence-corrected chi connectivity index (χ2v) is 7.04. The van der Waals surface area contributed by atoms with E-state index in [0.29, 0.717) is 12.0 Å². The third kappa shape index (κ3) is 2.01. The van der Waals surface area contributed by atoms with Crippen LogP contribution in [-0.4, -0.2) is 34.7 Å². The summed E-state index contributed by atoms with van der Waals surface area (Å²) in [6.45, 7) is 2.31. The van der Waals surface area contributed by atoms with Gasteiger partial charge in [-0.2, -0.15) is 0 Å². The van der Waals surface area contributed by atoms with Crippen molar-refractivity contribution in [3.63, 3.8) is 0 Å². The molecule has 3 unspecified atom stereocenters. The maximum atomic E-state index is 11.2. The third-order valence-corrected chi connectivity index (χ3v) is 5.91. The van der Waals surface area contributed by atoms with E-state index in [2.05, 4.69) is 29.2 Å². The highest BCUT2D eigenvalue weighted by Crippen LogP contribution is 2.44. The molecule has 2 saturated heterocycles. The zero-order chi connectivity index (χ0) is 13.6. The average Bonchev–Trinajstić information content (AvgIpc) is 3.05. The van der Waals surface area contributed by atoms with Crippen molar-refractivity contribution in [3.05, 3.63) is 35.4 Å². The molecule has 2 heterocycles. The van der Waals surface area contributed by atoms with E-state index in [9.17, 15) is 5.11 Å². The third-order valence-electron chi connectivity index (χ3n) is 5.91. The van der Waals surface area contributed by atoms with Gasteiger partial charge in [0.2, 0.25) is 0 Å².